The molecule has 0 aromatic rings. The molecule has 0 amide bonds. The first-order valence-corrected chi connectivity index (χ1v) is 4.54. The molecule has 0 aromatic heterocycles. The molecule has 0 rings (SSSR count). The molecule has 0 bridgehead atoms. The van der Waals surface area contributed by atoms with Crippen LogP contribution in [0.15, 0.2) is 0 Å². The van der Waals surface area contributed by atoms with E-state index in [1.165, 1.54) is 0 Å². The van der Waals surface area contributed by atoms with E-state index in [9.17, 15) is 0 Å². The number of hydrogen-bond acceptors (Lipinski definition) is 1. The predicted octanol–water partition coefficient (Wildman–Crippen LogP) is 6.21. The lowest BCUT2D eigenvalue weighted by atomic mass is 10.0. The molecule has 0 aliphatic heterocycles. The molecule has 0 aliphatic carbocycles. The number of rotatable bonds is 16. The van der Waals surface area contributed by atoms with Crippen LogP contribution < -0.4 is 5.73 Å². The molecule has 0 atom stereocenters. The average Bonchev–Trinajstić information content (AvgIpc) is 2.94. The van der Waals surface area contributed by atoms with E-state index < -0.39 is 115 Å². The highest BCUT2D eigenvalue weighted by Crippen LogP contribution is 2.13. The van der Waals surface area contributed by atoms with E-state index in [0.717, 1.165) is 0 Å². The van der Waals surface area contributed by atoms with Crippen LogP contribution in [-0.2, 0) is 0 Å². The zero-order valence-corrected chi connectivity index (χ0v) is 9.58. The largest absolute Gasteiger partial charge is 0.330 e. The van der Waals surface area contributed by atoms with E-state index in [2.05, 4.69) is 0 Å². The molecule has 19 heavy (non-hydrogen) atoms. The van der Waals surface area contributed by atoms with Crippen LogP contribution in [0.25, 0.3) is 0 Å². The van der Waals surface area contributed by atoms with Gasteiger partial charge in [-0.25, -0.2) is 0 Å². The van der Waals surface area contributed by atoms with Crippen molar-refractivity contribution in [3.8, 4) is 0 Å². The van der Waals surface area contributed by atoms with Crippen molar-refractivity contribution in [2.24, 2.45) is 5.73 Å². The summed E-state index contributed by atoms with van der Waals surface area (Å²) >= 11 is 0. The predicted molar refractivity (Wildman–Crippen MR) is 88.6 cm³/mol. The first-order valence-electron chi connectivity index (χ1n) is 23.0. The van der Waals surface area contributed by atoms with Crippen LogP contribution in [-0.4, -0.2) is 6.50 Å². The molecule has 0 radical (unpaired) electrons. The van der Waals surface area contributed by atoms with Gasteiger partial charge in [0.15, 0.2) is 0 Å². The van der Waals surface area contributed by atoms with Gasteiger partial charge in [0.2, 0.25) is 0 Å². The van der Waals surface area contributed by atoms with Gasteiger partial charge in [0.1, 0.15) is 0 Å². The Hall–Kier alpha value is -0.0400. The Labute approximate surface area is 174 Å². The van der Waals surface area contributed by atoms with Crippen molar-refractivity contribution in [2.75, 3.05) is 6.50 Å². The van der Waals surface area contributed by atoms with Gasteiger partial charge in [0.05, 0.1) is 0 Å². The van der Waals surface area contributed by atoms with Crippen LogP contribution in [0.1, 0.15) is 160 Å². The maximum atomic E-state index is 8.23. The highest BCUT2D eigenvalue weighted by Gasteiger charge is 1.94. The Morgan fingerprint density at radius 3 is 1.21 bits per heavy atom. The van der Waals surface area contributed by atoms with E-state index in [-0.39, 0.29) is 0 Å². The Morgan fingerprint density at radius 2 is 0.895 bits per heavy atom. The zero-order chi connectivity index (χ0) is 47.0. The van der Waals surface area contributed by atoms with Gasteiger partial charge in [-0.1, -0.05) is 102 Å². The standard InChI is InChI=1S/C18H39N/c1-2-3-4-5-6-7-8-9-10-11-12-13-14-15-16-17-18-19/h2-19H2,1H3/i1D3,2D2,3D2,4D2,5D2,6D2,7D2,8D2,9D2,10D2,11D2,12D2,13D2,14D2,15D2,16D2,17D2,18D2. The van der Waals surface area contributed by atoms with Gasteiger partial charge in [0, 0.05) is 50.7 Å². The van der Waals surface area contributed by atoms with Gasteiger partial charge in [-0.15, -0.1) is 0 Å². The summed E-state index contributed by atoms with van der Waals surface area (Å²) in [4.78, 5) is 0. The van der Waals surface area contributed by atoms with Crippen LogP contribution in [0.4, 0.5) is 0 Å². The SMILES string of the molecule is [2H]C([2H])([2H])C([2H])([2H])C([2H])([2H])C([2H])([2H])C([2H])([2H])C([2H])([2H])C([2H])([2H])C([2H])([2H])C([2H])([2H])C([2H])([2H])C([2H])([2H])C([2H])([2H])C([2H])([2H])C([2H])([2H])C([2H])([2H])C([2H])([2H])C([2H])([2H])C([2H])([2H])N. The summed E-state index contributed by atoms with van der Waals surface area (Å²) < 4.78 is 294. The maximum absolute atomic E-state index is 8.23. The summed E-state index contributed by atoms with van der Waals surface area (Å²) in [6, 6.07) is 0. The molecule has 1 nitrogen and oxygen atoms in total. The zero-order valence-electron chi connectivity index (χ0n) is 46.6. The van der Waals surface area contributed by atoms with E-state index in [0.29, 0.717) is 0 Å². The van der Waals surface area contributed by atoms with Crippen molar-refractivity contribution in [1.29, 1.82) is 0 Å². The molecule has 0 saturated carbocycles. The van der Waals surface area contributed by atoms with E-state index >= 15 is 0 Å². The van der Waals surface area contributed by atoms with Crippen LogP contribution in [0.5, 0.6) is 0 Å². The third-order valence-electron chi connectivity index (χ3n) is 1.01. The number of nitrogens with two attached hydrogens (primary N) is 1. The normalized spacial score (nSPS) is 53.4. The molecule has 0 aliphatic rings. The number of hydrogen-bond donors (Lipinski definition) is 1. The summed E-state index contributed by atoms with van der Waals surface area (Å²) in [6.45, 7) is -8.05. The molecule has 0 unspecified atom stereocenters. The Balaban J connectivity index is 7.85. The quantitative estimate of drug-likeness (QED) is 0.360. The third kappa shape index (κ3) is 18.0. The van der Waals surface area contributed by atoms with Crippen molar-refractivity contribution < 1.29 is 50.7 Å². The topological polar surface area (TPSA) is 26.0 Å². The van der Waals surface area contributed by atoms with E-state index in [1.54, 1.807) is 0 Å². The second kappa shape index (κ2) is 18.0. The van der Waals surface area contributed by atoms with Crippen molar-refractivity contribution in [3.05, 3.63) is 0 Å². The van der Waals surface area contributed by atoms with Crippen molar-refractivity contribution in [2.45, 2.75) is 109 Å². The third-order valence-corrected chi connectivity index (χ3v) is 1.01. The van der Waals surface area contributed by atoms with Gasteiger partial charge in [-0.3, -0.25) is 0 Å². The molecule has 2 N–H and O–H groups in total. The first kappa shape index (κ1) is 2.02. The van der Waals surface area contributed by atoms with Gasteiger partial charge < -0.3 is 5.73 Å². The lowest BCUT2D eigenvalue weighted by Gasteiger charge is -2.03. The summed E-state index contributed by atoms with van der Waals surface area (Å²) in [6.07, 6.45) is -79.4. The maximum Gasteiger partial charge on any atom is 0.0425 e. The Bertz CT molecular complexity index is 1330. The smallest absolute Gasteiger partial charge is 0.0425 e. The minimum Gasteiger partial charge on any atom is -0.330 e. The highest BCUT2D eigenvalue weighted by molar-refractivity contribution is 4.49. The molecule has 0 heterocycles. The fourth-order valence-electron chi connectivity index (χ4n) is 0.474. The molecule has 0 saturated heterocycles. The minimum absolute atomic E-state index is 3.90. The van der Waals surface area contributed by atoms with Gasteiger partial charge in [-0.05, 0) is 12.9 Å². The lowest BCUT2D eigenvalue weighted by molar-refractivity contribution is 0.530. The average molecular weight is 307 g/mol. The second-order valence-corrected chi connectivity index (χ2v) is 2.14. The molecular formula is C18H39N. The first-order chi connectivity index (χ1) is 23.2. The van der Waals surface area contributed by atoms with Crippen molar-refractivity contribution >= 4 is 0 Å². The lowest BCUT2D eigenvalue weighted by Crippen LogP contribution is -1.97. The Morgan fingerprint density at radius 1 is 0.579 bits per heavy atom. The molecule has 116 valence electrons. The van der Waals surface area contributed by atoms with Crippen LogP contribution in [0.2, 0.25) is 0 Å². The van der Waals surface area contributed by atoms with E-state index in [4.69, 9.17) is 56.5 Å². The summed E-state index contributed by atoms with van der Waals surface area (Å²) in [5, 5.41) is 0. The van der Waals surface area contributed by atoms with Crippen LogP contribution >= 0.6 is 0 Å². The van der Waals surface area contributed by atoms with Crippen molar-refractivity contribution in [3.63, 3.8) is 0 Å². The molecule has 0 fully saturated rings. The fraction of sp³-hybridized carbons (Fsp3) is 1.00. The van der Waals surface area contributed by atoms with Crippen LogP contribution in [0.3, 0.4) is 0 Å². The van der Waals surface area contributed by atoms with Gasteiger partial charge >= 0.3 is 0 Å². The second-order valence-electron chi connectivity index (χ2n) is 2.14. The fourth-order valence-corrected chi connectivity index (χ4v) is 0.474. The van der Waals surface area contributed by atoms with Crippen LogP contribution in [0, 0.1) is 0 Å². The Kier molecular flexibility index (Phi) is 1.91. The minimum atomic E-state index is -5.24. The molecule has 1 heteroatoms. The highest BCUT2D eigenvalue weighted by atomic mass is 14.5. The summed E-state index contributed by atoms with van der Waals surface area (Å²) in [7, 11) is 0. The molecule has 0 aromatic carbocycles. The van der Waals surface area contributed by atoms with Gasteiger partial charge in [-0.2, -0.15) is 0 Å². The monoisotopic (exact) mass is 307 g/mol. The van der Waals surface area contributed by atoms with Gasteiger partial charge in [0.25, 0.3) is 0 Å². The van der Waals surface area contributed by atoms with Crippen molar-refractivity contribution in [1.82, 2.24) is 0 Å². The molecule has 0 spiro atoms. The molecular weight excluding hydrogens is 230 g/mol. The summed E-state index contributed by atoms with van der Waals surface area (Å²) in [5.41, 5.74) is 4.94. The van der Waals surface area contributed by atoms with E-state index in [1.807, 2.05) is 0 Å². The summed E-state index contributed by atoms with van der Waals surface area (Å²) in [5.74, 6) is 0.